The number of rotatable bonds is 9. The largest absolute Gasteiger partial charge is 0.370 e. The summed E-state index contributed by atoms with van der Waals surface area (Å²) in [5.41, 5.74) is 1.17. The minimum atomic E-state index is 0.677. The molecule has 0 aliphatic heterocycles. The van der Waals surface area contributed by atoms with Gasteiger partial charge in [0.15, 0.2) is 0 Å². The lowest BCUT2D eigenvalue weighted by Gasteiger charge is -2.27. The fourth-order valence-corrected chi connectivity index (χ4v) is 2.30. The zero-order chi connectivity index (χ0) is 15.8. The molecule has 120 valence electrons. The zero-order valence-corrected chi connectivity index (χ0v) is 14.7. The summed E-state index contributed by atoms with van der Waals surface area (Å²) in [4.78, 5) is 11.8. The molecule has 4 nitrogen and oxygen atoms in total. The number of anilines is 2. The lowest BCUT2D eigenvalue weighted by Crippen LogP contribution is -2.30. The Morgan fingerprint density at radius 3 is 2.38 bits per heavy atom. The van der Waals surface area contributed by atoms with Crippen LogP contribution in [-0.4, -0.2) is 29.6 Å². The van der Waals surface area contributed by atoms with Gasteiger partial charge in [-0.2, -0.15) is 0 Å². The molecule has 1 aromatic rings. The second-order valence-corrected chi connectivity index (χ2v) is 5.77. The Kier molecular flexibility index (Phi) is 7.48. The summed E-state index contributed by atoms with van der Waals surface area (Å²) in [7, 11) is 0. The predicted octanol–water partition coefficient (Wildman–Crippen LogP) is 4.04. The third kappa shape index (κ3) is 4.87. The minimum Gasteiger partial charge on any atom is -0.370 e. The summed E-state index contributed by atoms with van der Waals surface area (Å²) in [5, 5.41) is 3.45. The minimum absolute atomic E-state index is 0.677. The van der Waals surface area contributed by atoms with Crippen LogP contribution < -0.4 is 10.2 Å². The second-order valence-electron chi connectivity index (χ2n) is 5.77. The molecule has 1 N–H and O–H groups in total. The first-order chi connectivity index (χ1) is 10.1. The second kappa shape index (κ2) is 8.85. The molecule has 0 saturated heterocycles. The van der Waals surface area contributed by atoms with Gasteiger partial charge in [0.05, 0.1) is 0 Å². The van der Waals surface area contributed by atoms with Crippen molar-refractivity contribution in [1.82, 2.24) is 9.97 Å². The molecule has 0 spiro atoms. The molecular formula is C17H32N4. The van der Waals surface area contributed by atoms with Crippen molar-refractivity contribution in [3.8, 4) is 0 Å². The van der Waals surface area contributed by atoms with Crippen molar-refractivity contribution >= 4 is 11.6 Å². The Labute approximate surface area is 130 Å². The van der Waals surface area contributed by atoms with Gasteiger partial charge in [-0.3, -0.25) is 0 Å². The van der Waals surface area contributed by atoms with Gasteiger partial charge in [0.1, 0.15) is 17.5 Å². The quantitative estimate of drug-likeness (QED) is 0.745. The first kappa shape index (κ1) is 17.7. The van der Waals surface area contributed by atoms with Crippen molar-refractivity contribution in [2.24, 2.45) is 5.92 Å². The molecule has 1 unspecified atom stereocenters. The van der Waals surface area contributed by atoms with E-state index in [-0.39, 0.29) is 0 Å². The van der Waals surface area contributed by atoms with Crippen LogP contribution in [0.2, 0.25) is 0 Å². The van der Waals surface area contributed by atoms with Crippen molar-refractivity contribution < 1.29 is 0 Å². The highest BCUT2D eigenvalue weighted by atomic mass is 15.2. The molecule has 1 rings (SSSR count). The summed E-state index contributed by atoms with van der Waals surface area (Å²) in [6.45, 7) is 16.2. The van der Waals surface area contributed by atoms with E-state index in [0.717, 1.165) is 49.9 Å². The van der Waals surface area contributed by atoms with Crippen LogP contribution >= 0.6 is 0 Å². The maximum absolute atomic E-state index is 4.79. The van der Waals surface area contributed by atoms with Gasteiger partial charge in [0.2, 0.25) is 0 Å². The van der Waals surface area contributed by atoms with Gasteiger partial charge in [-0.15, -0.1) is 0 Å². The van der Waals surface area contributed by atoms with Crippen LogP contribution in [-0.2, 0) is 6.42 Å². The highest BCUT2D eigenvalue weighted by Gasteiger charge is 2.16. The molecule has 0 radical (unpaired) electrons. The van der Waals surface area contributed by atoms with Crippen LogP contribution in [0.15, 0.2) is 0 Å². The van der Waals surface area contributed by atoms with E-state index in [1.54, 1.807) is 0 Å². The monoisotopic (exact) mass is 292 g/mol. The standard InChI is InChI=1S/C17H32N4/c1-7-11-18-16-14(6)17(20-15(9-3)19-16)21(10-4)12-13(5)8-2/h13H,7-12H2,1-6H3,(H,18,19,20). The van der Waals surface area contributed by atoms with Crippen LogP contribution in [0, 0.1) is 12.8 Å². The van der Waals surface area contributed by atoms with Crippen molar-refractivity contribution in [3.05, 3.63) is 11.4 Å². The molecule has 0 aromatic carbocycles. The molecule has 0 saturated carbocycles. The molecule has 1 heterocycles. The Bertz CT molecular complexity index is 431. The third-order valence-electron chi connectivity index (χ3n) is 3.94. The van der Waals surface area contributed by atoms with Gasteiger partial charge < -0.3 is 10.2 Å². The lowest BCUT2D eigenvalue weighted by molar-refractivity contribution is 0.544. The molecule has 0 aliphatic carbocycles. The Morgan fingerprint density at radius 2 is 1.86 bits per heavy atom. The molecule has 1 atom stereocenters. The summed E-state index contributed by atoms with van der Waals surface area (Å²) in [6.07, 6.45) is 3.17. The Balaban J connectivity index is 3.12. The summed E-state index contributed by atoms with van der Waals surface area (Å²) in [6, 6.07) is 0. The predicted molar refractivity (Wildman–Crippen MR) is 92.3 cm³/mol. The van der Waals surface area contributed by atoms with Gasteiger partial charge in [0, 0.05) is 31.6 Å². The molecule has 0 fully saturated rings. The number of aromatic nitrogens is 2. The normalized spacial score (nSPS) is 12.3. The summed E-state index contributed by atoms with van der Waals surface area (Å²) >= 11 is 0. The highest BCUT2D eigenvalue weighted by molar-refractivity contribution is 5.58. The van der Waals surface area contributed by atoms with E-state index in [1.165, 1.54) is 12.0 Å². The van der Waals surface area contributed by atoms with Crippen LogP contribution in [0.25, 0.3) is 0 Å². The SMILES string of the molecule is CCCNc1nc(CC)nc(N(CC)CC(C)CC)c1C. The van der Waals surface area contributed by atoms with E-state index in [4.69, 9.17) is 4.98 Å². The van der Waals surface area contributed by atoms with E-state index in [2.05, 4.69) is 56.7 Å². The van der Waals surface area contributed by atoms with Crippen molar-refractivity contribution in [1.29, 1.82) is 0 Å². The highest BCUT2D eigenvalue weighted by Crippen LogP contribution is 2.25. The number of aryl methyl sites for hydroxylation is 1. The van der Waals surface area contributed by atoms with Gasteiger partial charge in [-0.1, -0.05) is 34.1 Å². The summed E-state index contributed by atoms with van der Waals surface area (Å²) in [5.74, 6) is 3.71. The van der Waals surface area contributed by atoms with E-state index >= 15 is 0 Å². The van der Waals surface area contributed by atoms with Gasteiger partial charge >= 0.3 is 0 Å². The molecule has 0 amide bonds. The number of nitrogens with one attached hydrogen (secondary N) is 1. The van der Waals surface area contributed by atoms with Crippen LogP contribution in [0.3, 0.4) is 0 Å². The van der Waals surface area contributed by atoms with E-state index < -0.39 is 0 Å². The van der Waals surface area contributed by atoms with Crippen LogP contribution in [0.4, 0.5) is 11.6 Å². The fourth-order valence-electron chi connectivity index (χ4n) is 2.30. The number of hydrogen-bond acceptors (Lipinski definition) is 4. The smallest absolute Gasteiger partial charge is 0.137 e. The molecular weight excluding hydrogens is 260 g/mol. The Morgan fingerprint density at radius 1 is 1.14 bits per heavy atom. The number of nitrogens with zero attached hydrogens (tertiary/aromatic N) is 3. The Hall–Kier alpha value is -1.32. The lowest BCUT2D eigenvalue weighted by atomic mass is 10.1. The van der Waals surface area contributed by atoms with Crippen molar-refractivity contribution in [3.63, 3.8) is 0 Å². The number of hydrogen-bond donors (Lipinski definition) is 1. The van der Waals surface area contributed by atoms with Gasteiger partial charge in [-0.25, -0.2) is 9.97 Å². The van der Waals surface area contributed by atoms with E-state index in [1.807, 2.05) is 0 Å². The first-order valence-corrected chi connectivity index (χ1v) is 8.43. The molecule has 4 heteroatoms. The third-order valence-corrected chi connectivity index (χ3v) is 3.94. The average molecular weight is 292 g/mol. The van der Waals surface area contributed by atoms with Crippen LogP contribution in [0.5, 0.6) is 0 Å². The van der Waals surface area contributed by atoms with Crippen LogP contribution in [0.1, 0.15) is 58.8 Å². The topological polar surface area (TPSA) is 41.1 Å². The van der Waals surface area contributed by atoms with Crippen molar-refractivity contribution in [2.45, 2.75) is 60.8 Å². The van der Waals surface area contributed by atoms with E-state index in [9.17, 15) is 0 Å². The fraction of sp³-hybridized carbons (Fsp3) is 0.765. The molecule has 21 heavy (non-hydrogen) atoms. The maximum Gasteiger partial charge on any atom is 0.137 e. The average Bonchev–Trinajstić information content (AvgIpc) is 2.51. The van der Waals surface area contributed by atoms with Gasteiger partial charge in [-0.05, 0) is 26.2 Å². The molecule has 0 aliphatic rings. The summed E-state index contributed by atoms with van der Waals surface area (Å²) < 4.78 is 0. The first-order valence-electron chi connectivity index (χ1n) is 8.43. The molecule has 1 aromatic heterocycles. The van der Waals surface area contributed by atoms with Crippen molar-refractivity contribution in [2.75, 3.05) is 29.9 Å². The zero-order valence-electron chi connectivity index (χ0n) is 14.7. The molecule has 0 bridgehead atoms. The maximum atomic E-state index is 4.79. The van der Waals surface area contributed by atoms with E-state index in [0.29, 0.717) is 5.92 Å². The van der Waals surface area contributed by atoms with Gasteiger partial charge in [0.25, 0.3) is 0 Å².